The fourth-order valence-electron chi connectivity index (χ4n) is 5.03. The summed E-state index contributed by atoms with van der Waals surface area (Å²) in [7, 11) is 0. The molecule has 0 aromatic heterocycles. The predicted molar refractivity (Wildman–Crippen MR) is 213 cm³/mol. The summed E-state index contributed by atoms with van der Waals surface area (Å²) >= 11 is 0. The van der Waals surface area contributed by atoms with Crippen molar-refractivity contribution in [3.05, 3.63) is 29.8 Å². The summed E-state index contributed by atoms with van der Waals surface area (Å²) < 4.78 is 66.3. The highest BCUT2D eigenvalue weighted by Crippen LogP contribution is 2.12. The lowest BCUT2D eigenvalue weighted by atomic mass is 10.1. The van der Waals surface area contributed by atoms with Crippen LogP contribution in [0, 0.1) is 0 Å². The van der Waals surface area contributed by atoms with Crippen molar-refractivity contribution in [1.29, 1.82) is 0 Å². The number of carbonyl (C=O) groups is 1. The fraction of sp³-hybridized carbons (Fsp3) is 0.833. The summed E-state index contributed by atoms with van der Waals surface area (Å²) in [6, 6.07) is 6.95. The van der Waals surface area contributed by atoms with Crippen LogP contribution in [0.25, 0.3) is 0 Å². The van der Waals surface area contributed by atoms with E-state index in [4.69, 9.17) is 56.8 Å². The Morgan fingerprint density at radius 2 is 0.582 bits per heavy atom. The van der Waals surface area contributed by atoms with E-state index in [9.17, 15) is 4.79 Å². The van der Waals surface area contributed by atoms with E-state index in [2.05, 4.69) is 6.92 Å². The van der Waals surface area contributed by atoms with E-state index in [-0.39, 0.29) is 0 Å². The van der Waals surface area contributed by atoms with Crippen molar-refractivity contribution in [3.8, 4) is 5.75 Å². The zero-order valence-electron chi connectivity index (χ0n) is 34.2. The SMILES string of the molecule is CCCCCCCCCCCCCOCCOCCOCCOCCOCCOCCOCCOCCOCCOCCOCCOc1ccc(C=O)cc1. The van der Waals surface area contributed by atoms with Gasteiger partial charge in [0.2, 0.25) is 0 Å². The summed E-state index contributed by atoms with van der Waals surface area (Å²) in [5, 5.41) is 0. The average Bonchev–Trinajstić information content (AvgIpc) is 3.21. The number of ether oxygens (including phenoxy) is 12. The minimum atomic E-state index is 0.432. The highest BCUT2D eigenvalue weighted by molar-refractivity contribution is 5.74. The van der Waals surface area contributed by atoms with Gasteiger partial charge in [0.25, 0.3) is 0 Å². The Morgan fingerprint density at radius 3 is 0.873 bits per heavy atom. The van der Waals surface area contributed by atoms with Crippen LogP contribution in [0.2, 0.25) is 0 Å². The summed E-state index contributed by atoms with van der Waals surface area (Å²) in [4.78, 5) is 10.7. The molecule has 0 heterocycles. The van der Waals surface area contributed by atoms with Crippen molar-refractivity contribution in [2.24, 2.45) is 0 Å². The lowest BCUT2D eigenvalue weighted by Crippen LogP contribution is -2.15. The minimum Gasteiger partial charge on any atom is -0.491 e. The third-order valence-corrected chi connectivity index (χ3v) is 8.12. The van der Waals surface area contributed by atoms with Crippen LogP contribution < -0.4 is 4.74 Å². The first kappa shape index (κ1) is 51.3. The average molecular weight is 789 g/mol. The van der Waals surface area contributed by atoms with Crippen LogP contribution in [-0.2, 0) is 52.1 Å². The Hall–Kier alpha value is -1.75. The number of benzene rings is 1. The summed E-state index contributed by atoms with van der Waals surface area (Å²) in [6.07, 6.45) is 15.6. The molecule has 0 aliphatic rings. The Balaban J connectivity index is 1.61. The molecule has 0 unspecified atom stereocenters. The molecule has 13 nitrogen and oxygen atoms in total. The normalized spacial score (nSPS) is 11.4. The zero-order chi connectivity index (χ0) is 39.2. The van der Waals surface area contributed by atoms with E-state index in [0.717, 1.165) is 19.3 Å². The smallest absolute Gasteiger partial charge is 0.150 e. The Bertz CT molecular complexity index is 877. The van der Waals surface area contributed by atoms with E-state index < -0.39 is 0 Å². The molecule has 0 fully saturated rings. The maximum atomic E-state index is 10.7. The molecule has 1 aromatic rings. The van der Waals surface area contributed by atoms with Gasteiger partial charge in [0.15, 0.2) is 0 Å². The fourth-order valence-corrected chi connectivity index (χ4v) is 5.03. The molecule has 0 aliphatic heterocycles. The molecule has 0 amide bonds. The van der Waals surface area contributed by atoms with E-state index in [1.165, 1.54) is 64.2 Å². The molecule has 322 valence electrons. The van der Waals surface area contributed by atoms with Gasteiger partial charge >= 0.3 is 0 Å². The number of carbonyl (C=O) groups excluding carboxylic acids is 1. The van der Waals surface area contributed by atoms with Crippen molar-refractivity contribution >= 4 is 6.29 Å². The number of rotatable bonds is 47. The second-order valence-corrected chi connectivity index (χ2v) is 12.8. The molecule has 0 N–H and O–H groups in total. The van der Waals surface area contributed by atoms with Gasteiger partial charge in [0.1, 0.15) is 18.6 Å². The monoisotopic (exact) mass is 789 g/mol. The van der Waals surface area contributed by atoms with Crippen molar-refractivity contribution in [3.63, 3.8) is 0 Å². The first-order valence-corrected chi connectivity index (χ1v) is 20.9. The number of unbranched alkanes of at least 4 members (excludes halogenated alkanes) is 10. The molecule has 55 heavy (non-hydrogen) atoms. The third kappa shape index (κ3) is 40.3. The topological polar surface area (TPSA) is 128 Å². The van der Waals surface area contributed by atoms with Crippen LogP contribution in [0.5, 0.6) is 5.75 Å². The van der Waals surface area contributed by atoms with Crippen LogP contribution >= 0.6 is 0 Å². The standard InChI is InChI=1S/C42H76O13/c1-2-3-4-5-6-7-8-9-10-11-12-17-44-18-19-45-20-21-46-22-23-47-24-25-48-26-27-49-28-29-50-30-31-51-32-33-52-34-35-53-36-37-54-38-39-55-42-15-13-41(40-43)14-16-42/h13-16,40H,2-12,17-39H2,1H3. The molecule has 1 rings (SSSR count). The molecule has 0 saturated heterocycles. The summed E-state index contributed by atoms with van der Waals surface area (Å²) in [5.74, 6) is 0.706. The quantitative estimate of drug-likeness (QED) is 0.0537. The van der Waals surface area contributed by atoms with Crippen molar-refractivity contribution < 1.29 is 61.6 Å². The van der Waals surface area contributed by atoms with E-state index in [0.29, 0.717) is 157 Å². The van der Waals surface area contributed by atoms with Crippen LogP contribution in [0.3, 0.4) is 0 Å². The summed E-state index contributed by atoms with van der Waals surface area (Å²) in [5.41, 5.74) is 0.619. The maximum Gasteiger partial charge on any atom is 0.150 e. The minimum absolute atomic E-state index is 0.432. The van der Waals surface area contributed by atoms with E-state index >= 15 is 0 Å². The highest BCUT2D eigenvalue weighted by atomic mass is 16.6. The molecular weight excluding hydrogens is 712 g/mol. The van der Waals surface area contributed by atoms with Crippen LogP contribution in [-0.4, -0.2) is 158 Å². The second-order valence-electron chi connectivity index (χ2n) is 12.8. The molecule has 0 spiro atoms. The van der Waals surface area contributed by atoms with Gasteiger partial charge in [-0.15, -0.1) is 0 Å². The maximum absolute atomic E-state index is 10.7. The summed E-state index contributed by atoms with van der Waals surface area (Å²) in [6.45, 7) is 14.5. The highest BCUT2D eigenvalue weighted by Gasteiger charge is 1.99. The third-order valence-electron chi connectivity index (χ3n) is 8.12. The van der Waals surface area contributed by atoms with Crippen LogP contribution in [0.4, 0.5) is 0 Å². The van der Waals surface area contributed by atoms with E-state index in [1.54, 1.807) is 24.3 Å². The molecule has 0 saturated carbocycles. The van der Waals surface area contributed by atoms with Gasteiger partial charge in [-0.25, -0.2) is 0 Å². The van der Waals surface area contributed by atoms with Crippen molar-refractivity contribution in [2.75, 3.05) is 152 Å². The second kappa shape index (κ2) is 45.0. The van der Waals surface area contributed by atoms with Gasteiger partial charge in [0.05, 0.1) is 139 Å². The molecular formula is C42H76O13. The molecule has 0 bridgehead atoms. The molecule has 0 aliphatic carbocycles. The van der Waals surface area contributed by atoms with Crippen LogP contribution in [0.1, 0.15) is 87.9 Å². The van der Waals surface area contributed by atoms with Gasteiger partial charge in [-0.2, -0.15) is 0 Å². The Labute approximate surface area is 332 Å². The first-order chi connectivity index (χ1) is 27.4. The number of aldehydes is 1. The molecule has 0 radical (unpaired) electrons. The molecule has 13 heteroatoms. The number of hydrogen-bond acceptors (Lipinski definition) is 13. The van der Waals surface area contributed by atoms with Gasteiger partial charge in [-0.3, -0.25) is 4.79 Å². The van der Waals surface area contributed by atoms with Gasteiger partial charge in [-0.1, -0.05) is 71.1 Å². The van der Waals surface area contributed by atoms with Crippen LogP contribution in [0.15, 0.2) is 24.3 Å². The first-order valence-electron chi connectivity index (χ1n) is 20.9. The largest absolute Gasteiger partial charge is 0.491 e. The molecule has 0 atom stereocenters. The zero-order valence-corrected chi connectivity index (χ0v) is 34.2. The van der Waals surface area contributed by atoms with Gasteiger partial charge in [0, 0.05) is 12.2 Å². The predicted octanol–water partition coefficient (Wildman–Crippen LogP) is 6.37. The Kier molecular flexibility index (Phi) is 41.9. The van der Waals surface area contributed by atoms with Gasteiger partial charge < -0.3 is 56.8 Å². The van der Waals surface area contributed by atoms with Crippen molar-refractivity contribution in [1.82, 2.24) is 0 Å². The Morgan fingerprint density at radius 1 is 0.327 bits per heavy atom. The van der Waals surface area contributed by atoms with Gasteiger partial charge in [-0.05, 0) is 30.7 Å². The lowest BCUT2D eigenvalue weighted by molar-refractivity contribution is -0.0277. The lowest BCUT2D eigenvalue weighted by Gasteiger charge is -2.09. The molecule has 1 aromatic carbocycles. The number of hydrogen-bond donors (Lipinski definition) is 0. The van der Waals surface area contributed by atoms with Crippen molar-refractivity contribution in [2.45, 2.75) is 77.6 Å². The van der Waals surface area contributed by atoms with E-state index in [1.807, 2.05) is 0 Å².